The molecule has 2 heterocycles. The van der Waals surface area contributed by atoms with Crippen LogP contribution in [0.3, 0.4) is 0 Å². The lowest BCUT2D eigenvalue weighted by molar-refractivity contribution is -0.116. The van der Waals surface area contributed by atoms with Crippen LogP contribution in [-0.4, -0.2) is 38.9 Å². The number of aromatic nitrogens is 3. The van der Waals surface area contributed by atoms with Crippen molar-refractivity contribution in [2.45, 2.75) is 25.0 Å². The Kier molecular flexibility index (Phi) is 6.81. The number of anilines is 1. The molecule has 1 aliphatic heterocycles. The fourth-order valence-electron chi connectivity index (χ4n) is 4.24. The summed E-state index contributed by atoms with van der Waals surface area (Å²) in [6.45, 7) is 2.69. The van der Waals surface area contributed by atoms with Gasteiger partial charge in [-0.3, -0.25) is 14.2 Å². The van der Waals surface area contributed by atoms with E-state index in [0.29, 0.717) is 17.5 Å². The molecule has 0 spiro atoms. The van der Waals surface area contributed by atoms with Crippen LogP contribution >= 0.6 is 11.8 Å². The highest BCUT2D eigenvalue weighted by molar-refractivity contribution is 7.99. The van der Waals surface area contributed by atoms with Crippen LogP contribution in [0.4, 0.5) is 10.1 Å². The Bertz CT molecular complexity index is 1440. The molecule has 7 nitrogen and oxygen atoms in total. The number of thioether (sulfide) groups is 1. The standard InChI is InChI=1S/C27H24FN5O2S/c1-18-7-6-9-20(15-18)33-24(16-29-26(35)21-10-3-4-11-22(21)28)30-31-27(33)36-17-25(34)32-14-13-19-8-2-5-12-23(19)32/h2-12,15H,13-14,16-17H2,1H3,(H,29,35). The van der Waals surface area contributed by atoms with Gasteiger partial charge < -0.3 is 10.2 Å². The zero-order valence-electron chi connectivity index (χ0n) is 19.6. The van der Waals surface area contributed by atoms with E-state index in [4.69, 9.17) is 0 Å². The normalized spacial score (nSPS) is 12.4. The molecule has 0 radical (unpaired) electrons. The lowest BCUT2D eigenvalue weighted by Crippen LogP contribution is -2.30. The van der Waals surface area contributed by atoms with Gasteiger partial charge in [-0.25, -0.2) is 4.39 Å². The highest BCUT2D eigenvalue weighted by Gasteiger charge is 2.25. The third kappa shape index (κ3) is 4.87. The number of benzene rings is 3. The monoisotopic (exact) mass is 501 g/mol. The fraction of sp³-hybridized carbons (Fsp3) is 0.185. The number of nitrogens with zero attached hydrogens (tertiary/aromatic N) is 4. The second-order valence-corrected chi connectivity index (χ2v) is 9.39. The number of hydrogen-bond acceptors (Lipinski definition) is 5. The summed E-state index contributed by atoms with van der Waals surface area (Å²) < 4.78 is 15.8. The van der Waals surface area contributed by atoms with E-state index in [2.05, 4.69) is 15.5 Å². The Hall–Kier alpha value is -3.98. The molecule has 0 aliphatic carbocycles. The van der Waals surface area contributed by atoms with Gasteiger partial charge >= 0.3 is 0 Å². The summed E-state index contributed by atoms with van der Waals surface area (Å²) in [7, 11) is 0. The number of carbonyl (C=O) groups excluding carboxylic acids is 2. The van der Waals surface area contributed by atoms with Crippen molar-refractivity contribution in [1.29, 1.82) is 0 Å². The molecule has 0 bridgehead atoms. The van der Waals surface area contributed by atoms with E-state index in [-0.39, 0.29) is 23.8 Å². The maximum atomic E-state index is 14.0. The Morgan fingerprint density at radius 3 is 2.67 bits per heavy atom. The number of fused-ring (bicyclic) bond motifs is 1. The van der Waals surface area contributed by atoms with Crippen LogP contribution < -0.4 is 10.2 Å². The van der Waals surface area contributed by atoms with E-state index in [0.717, 1.165) is 23.4 Å². The summed E-state index contributed by atoms with van der Waals surface area (Å²) in [4.78, 5) is 27.4. The van der Waals surface area contributed by atoms with Crippen LogP contribution in [0.15, 0.2) is 78.0 Å². The molecule has 0 atom stereocenters. The first-order valence-electron chi connectivity index (χ1n) is 11.6. The zero-order chi connectivity index (χ0) is 25.1. The van der Waals surface area contributed by atoms with E-state index in [1.54, 1.807) is 6.07 Å². The molecule has 0 saturated carbocycles. The molecule has 36 heavy (non-hydrogen) atoms. The molecule has 3 aromatic carbocycles. The lowest BCUT2D eigenvalue weighted by atomic mass is 10.2. The number of amides is 2. The van der Waals surface area contributed by atoms with E-state index < -0.39 is 11.7 Å². The van der Waals surface area contributed by atoms with E-state index in [1.165, 1.54) is 35.5 Å². The number of nitrogens with one attached hydrogen (secondary N) is 1. The predicted molar refractivity (Wildman–Crippen MR) is 137 cm³/mol. The van der Waals surface area contributed by atoms with Crippen LogP contribution in [0.1, 0.15) is 27.3 Å². The van der Waals surface area contributed by atoms with E-state index in [9.17, 15) is 14.0 Å². The number of hydrogen-bond donors (Lipinski definition) is 1. The van der Waals surface area contributed by atoms with Gasteiger partial charge in [0.1, 0.15) is 5.82 Å². The van der Waals surface area contributed by atoms with Crippen LogP contribution in [0, 0.1) is 12.7 Å². The number of aryl methyl sites for hydroxylation is 1. The minimum absolute atomic E-state index is 0.00171. The van der Waals surface area contributed by atoms with Crippen molar-refractivity contribution in [2.24, 2.45) is 0 Å². The second-order valence-electron chi connectivity index (χ2n) is 8.45. The summed E-state index contributed by atoms with van der Waals surface area (Å²) >= 11 is 1.30. The smallest absolute Gasteiger partial charge is 0.254 e. The molecule has 0 saturated heterocycles. The maximum absolute atomic E-state index is 14.0. The molecule has 1 aromatic heterocycles. The Labute approximate surface area is 212 Å². The maximum Gasteiger partial charge on any atom is 0.254 e. The quantitative estimate of drug-likeness (QED) is 0.382. The third-order valence-corrected chi connectivity index (χ3v) is 6.91. The number of para-hydroxylation sites is 1. The fourth-order valence-corrected chi connectivity index (χ4v) is 5.08. The summed E-state index contributed by atoms with van der Waals surface area (Å²) in [5, 5.41) is 11.9. The largest absolute Gasteiger partial charge is 0.345 e. The van der Waals surface area contributed by atoms with E-state index in [1.807, 2.05) is 64.9 Å². The summed E-state index contributed by atoms with van der Waals surface area (Å²) in [5.74, 6) is -0.456. The average molecular weight is 502 g/mol. The molecule has 9 heteroatoms. The van der Waals surface area contributed by atoms with Gasteiger partial charge in [0.25, 0.3) is 5.91 Å². The molecular weight excluding hydrogens is 477 g/mol. The van der Waals surface area contributed by atoms with Crippen molar-refractivity contribution in [1.82, 2.24) is 20.1 Å². The highest BCUT2D eigenvalue weighted by atomic mass is 32.2. The lowest BCUT2D eigenvalue weighted by Gasteiger charge is -2.17. The number of rotatable bonds is 7. The SMILES string of the molecule is Cc1cccc(-n2c(CNC(=O)c3ccccc3F)nnc2SCC(=O)N2CCc3ccccc32)c1. The van der Waals surface area contributed by atoms with Gasteiger partial charge in [0.15, 0.2) is 11.0 Å². The molecule has 4 aromatic rings. The summed E-state index contributed by atoms with van der Waals surface area (Å²) in [6, 6.07) is 21.6. The van der Waals surface area contributed by atoms with Crippen molar-refractivity contribution in [3.63, 3.8) is 0 Å². The van der Waals surface area contributed by atoms with Gasteiger partial charge in [0.05, 0.1) is 17.9 Å². The first-order chi connectivity index (χ1) is 17.5. The van der Waals surface area contributed by atoms with Gasteiger partial charge in [-0.1, -0.05) is 54.2 Å². The topological polar surface area (TPSA) is 80.1 Å². The van der Waals surface area contributed by atoms with Gasteiger partial charge in [-0.05, 0) is 54.8 Å². The zero-order valence-corrected chi connectivity index (χ0v) is 20.5. The predicted octanol–water partition coefficient (Wildman–Crippen LogP) is 4.33. The summed E-state index contributed by atoms with van der Waals surface area (Å²) in [5.41, 5.74) is 3.96. The average Bonchev–Trinajstić information content (AvgIpc) is 3.50. The van der Waals surface area contributed by atoms with Gasteiger partial charge in [-0.2, -0.15) is 0 Å². The van der Waals surface area contributed by atoms with Crippen molar-refractivity contribution in [3.05, 3.63) is 101 Å². The number of carbonyl (C=O) groups is 2. The van der Waals surface area contributed by atoms with Crippen LogP contribution in [0.2, 0.25) is 0 Å². The third-order valence-electron chi connectivity index (χ3n) is 6.00. The minimum atomic E-state index is -0.589. The van der Waals surface area contributed by atoms with E-state index >= 15 is 0 Å². The highest BCUT2D eigenvalue weighted by Crippen LogP contribution is 2.29. The minimum Gasteiger partial charge on any atom is -0.345 e. The van der Waals surface area contributed by atoms with Gasteiger partial charge in [0, 0.05) is 17.9 Å². The van der Waals surface area contributed by atoms with Crippen molar-refractivity contribution in [3.8, 4) is 5.69 Å². The second kappa shape index (κ2) is 10.3. The Balaban J connectivity index is 1.36. The first kappa shape index (κ1) is 23.7. The molecule has 0 unspecified atom stereocenters. The summed E-state index contributed by atoms with van der Waals surface area (Å²) in [6.07, 6.45) is 0.845. The van der Waals surface area contributed by atoms with Crippen molar-refractivity contribution < 1.29 is 14.0 Å². The Morgan fingerprint density at radius 1 is 1.03 bits per heavy atom. The van der Waals surface area contributed by atoms with Crippen LogP contribution in [0.25, 0.3) is 5.69 Å². The van der Waals surface area contributed by atoms with Crippen LogP contribution in [0.5, 0.6) is 0 Å². The van der Waals surface area contributed by atoms with Gasteiger partial charge in [0.2, 0.25) is 5.91 Å². The van der Waals surface area contributed by atoms with Crippen molar-refractivity contribution >= 4 is 29.3 Å². The molecule has 0 fully saturated rings. The molecular formula is C27H24FN5O2S. The van der Waals surface area contributed by atoms with Gasteiger partial charge in [-0.15, -0.1) is 10.2 Å². The molecule has 182 valence electrons. The Morgan fingerprint density at radius 2 is 1.83 bits per heavy atom. The van der Waals surface area contributed by atoms with Crippen molar-refractivity contribution in [2.75, 3.05) is 17.2 Å². The number of halogens is 1. The first-order valence-corrected chi connectivity index (χ1v) is 12.5. The van der Waals surface area contributed by atoms with Crippen LogP contribution in [-0.2, 0) is 17.8 Å². The molecule has 5 rings (SSSR count). The molecule has 1 aliphatic rings. The molecule has 1 N–H and O–H groups in total. The molecule has 2 amide bonds.